The zero-order chi connectivity index (χ0) is 32.1. The van der Waals surface area contributed by atoms with E-state index < -0.39 is 0 Å². The summed E-state index contributed by atoms with van der Waals surface area (Å²) in [6.07, 6.45) is 10.1. The molecule has 0 spiro atoms. The molecule has 0 aliphatic heterocycles. The van der Waals surface area contributed by atoms with Gasteiger partial charge in [0.1, 0.15) is 24.7 Å². The van der Waals surface area contributed by atoms with Crippen LogP contribution in [0.2, 0.25) is 0 Å². The minimum absolute atomic E-state index is 0.553. The molecular weight excluding hydrogens is 568 g/mol. The molecular formula is C40H54N4O2. The van der Waals surface area contributed by atoms with Crippen molar-refractivity contribution in [3.63, 3.8) is 0 Å². The maximum absolute atomic E-state index is 5.95. The van der Waals surface area contributed by atoms with Crippen LogP contribution in [-0.2, 0) is 39.3 Å². The van der Waals surface area contributed by atoms with Crippen molar-refractivity contribution < 1.29 is 9.47 Å². The molecule has 0 amide bonds. The first-order valence-electron chi connectivity index (χ1n) is 17.1. The molecule has 0 aliphatic rings. The van der Waals surface area contributed by atoms with E-state index in [4.69, 9.17) is 20.9 Å². The fourth-order valence-electron chi connectivity index (χ4n) is 5.46. The van der Waals surface area contributed by atoms with E-state index in [0.717, 1.165) is 55.2 Å². The Balaban J connectivity index is 0.946. The third kappa shape index (κ3) is 13.8. The molecule has 0 atom stereocenters. The van der Waals surface area contributed by atoms with E-state index in [1.165, 1.54) is 67.2 Å². The largest absolute Gasteiger partial charge is 0.489 e. The molecule has 6 heteroatoms. The van der Waals surface area contributed by atoms with Gasteiger partial charge in [0.2, 0.25) is 0 Å². The number of nitrogens with one attached hydrogen (secondary N) is 2. The highest BCUT2D eigenvalue weighted by atomic mass is 16.5. The van der Waals surface area contributed by atoms with Crippen LogP contribution < -0.4 is 31.6 Å². The zero-order valence-corrected chi connectivity index (χ0v) is 27.5. The van der Waals surface area contributed by atoms with Crippen molar-refractivity contribution >= 4 is 0 Å². The number of rotatable bonds is 23. The lowest BCUT2D eigenvalue weighted by atomic mass is 10.1. The van der Waals surface area contributed by atoms with Gasteiger partial charge in [-0.2, -0.15) is 0 Å². The Morgan fingerprint density at radius 2 is 0.891 bits per heavy atom. The first-order chi connectivity index (χ1) is 22.7. The van der Waals surface area contributed by atoms with Crippen molar-refractivity contribution in [1.29, 1.82) is 0 Å². The summed E-state index contributed by atoms with van der Waals surface area (Å²) in [6, 6.07) is 33.4. The van der Waals surface area contributed by atoms with Crippen molar-refractivity contribution in [2.75, 3.05) is 19.6 Å². The number of nitrogens with two attached hydrogens (primary N) is 2. The van der Waals surface area contributed by atoms with Gasteiger partial charge >= 0.3 is 0 Å². The molecule has 0 bridgehead atoms. The van der Waals surface area contributed by atoms with Crippen molar-refractivity contribution in [1.82, 2.24) is 10.6 Å². The Bertz CT molecular complexity index is 1270. The molecule has 0 heterocycles. The van der Waals surface area contributed by atoms with Crippen LogP contribution in [0.15, 0.2) is 97.1 Å². The lowest BCUT2D eigenvalue weighted by Crippen LogP contribution is -2.18. The van der Waals surface area contributed by atoms with Gasteiger partial charge in [0.15, 0.2) is 0 Å². The standard InChI is InChI=1S/C40H54N4O2/c41-28-34-14-18-39(19-15-34)45-31-37-12-8-10-33(26-37)22-25-43-23-6-4-2-1-3-5-7-24-44-30-36-11-9-13-38(27-36)32-46-40-20-16-35(29-42)17-21-40/h8-21,26-27,43-44H,1-7,22-25,28-32,41-42H2. The van der Waals surface area contributed by atoms with Crippen molar-refractivity contribution in [2.45, 2.75) is 84.2 Å². The predicted molar refractivity (Wildman–Crippen MR) is 191 cm³/mol. The molecule has 4 aromatic rings. The molecule has 0 fully saturated rings. The molecule has 0 saturated heterocycles. The maximum Gasteiger partial charge on any atom is 0.119 e. The lowest BCUT2D eigenvalue weighted by molar-refractivity contribution is 0.306. The molecule has 0 aliphatic carbocycles. The van der Waals surface area contributed by atoms with Crippen molar-refractivity contribution in [3.05, 3.63) is 130 Å². The number of unbranched alkanes of at least 4 members (excludes halogenated alkanes) is 6. The normalized spacial score (nSPS) is 11.1. The van der Waals surface area contributed by atoms with Crippen LogP contribution >= 0.6 is 0 Å². The SMILES string of the molecule is NCc1ccc(OCc2cccc(CCNCCCCCCCCCNCc3cccc(COc4ccc(CN)cc4)c3)c2)cc1. The summed E-state index contributed by atoms with van der Waals surface area (Å²) >= 11 is 0. The predicted octanol–water partition coefficient (Wildman–Crippen LogP) is 7.41. The minimum atomic E-state index is 0.553. The number of hydrogen-bond acceptors (Lipinski definition) is 6. The van der Waals surface area contributed by atoms with Crippen LogP contribution in [0.5, 0.6) is 11.5 Å². The van der Waals surface area contributed by atoms with E-state index in [9.17, 15) is 0 Å². The number of hydrogen-bond donors (Lipinski definition) is 4. The first-order valence-corrected chi connectivity index (χ1v) is 17.1. The summed E-state index contributed by atoms with van der Waals surface area (Å²) in [5, 5.41) is 7.23. The highest BCUT2D eigenvalue weighted by Gasteiger charge is 2.02. The van der Waals surface area contributed by atoms with Crippen LogP contribution in [0.4, 0.5) is 0 Å². The first kappa shape index (κ1) is 35.2. The highest BCUT2D eigenvalue weighted by molar-refractivity contribution is 5.30. The molecule has 0 unspecified atom stereocenters. The minimum Gasteiger partial charge on any atom is -0.489 e. The Kier molecular flexibility index (Phi) is 16.2. The third-order valence-corrected chi connectivity index (χ3v) is 8.24. The van der Waals surface area contributed by atoms with Gasteiger partial charge in [-0.3, -0.25) is 0 Å². The second-order valence-corrected chi connectivity index (χ2v) is 12.1. The summed E-state index contributed by atoms with van der Waals surface area (Å²) in [5.41, 5.74) is 18.6. The van der Waals surface area contributed by atoms with Crippen LogP contribution in [0.3, 0.4) is 0 Å². The van der Waals surface area contributed by atoms with Gasteiger partial charge in [0, 0.05) is 19.6 Å². The van der Waals surface area contributed by atoms with Crippen LogP contribution in [0.25, 0.3) is 0 Å². The smallest absolute Gasteiger partial charge is 0.119 e. The fraction of sp³-hybridized carbons (Fsp3) is 0.400. The molecule has 0 aromatic heterocycles. The molecule has 4 rings (SSSR count). The Labute approximate surface area is 276 Å². The topological polar surface area (TPSA) is 94.6 Å². The quantitative estimate of drug-likeness (QED) is 0.0644. The van der Waals surface area contributed by atoms with Gasteiger partial charge in [-0.05, 0) is 96.5 Å². The third-order valence-electron chi connectivity index (χ3n) is 8.24. The van der Waals surface area contributed by atoms with E-state index in [0.29, 0.717) is 26.3 Å². The summed E-state index contributed by atoms with van der Waals surface area (Å²) in [6.45, 7) is 6.34. The number of ether oxygens (including phenoxy) is 2. The summed E-state index contributed by atoms with van der Waals surface area (Å²) in [4.78, 5) is 0. The molecule has 246 valence electrons. The van der Waals surface area contributed by atoms with Crippen LogP contribution in [0.1, 0.15) is 78.3 Å². The van der Waals surface area contributed by atoms with Gasteiger partial charge in [-0.15, -0.1) is 0 Å². The van der Waals surface area contributed by atoms with E-state index in [1.807, 2.05) is 48.5 Å². The Morgan fingerprint density at radius 1 is 0.435 bits per heavy atom. The van der Waals surface area contributed by atoms with E-state index in [-0.39, 0.29) is 0 Å². The van der Waals surface area contributed by atoms with E-state index in [2.05, 4.69) is 59.2 Å². The average Bonchev–Trinajstić information content (AvgIpc) is 3.11. The average molecular weight is 623 g/mol. The summed E-state index contributed by atoms with van der Waals surface area (Å²) in [7, 11) is 0. The zero-order valence-electron chi connectivity index (χ0n) is 27.5. The molecule has 6 N–H and O–H groups in total. The van der Waals surface area contributed by atoms with Crippen LogP contribution in [0, 0.1) is 0 Å². The van der Waals surface area contributed by atoms with Gasteiger partial charge in [0.05, 0.1) is 0 Å². The van der Waals surface area contributed by atoms with Gasteiger partial charge in [0.25, 0.3) is 0 Å². The van der Waals surface area contributed by atoms with E-state index >= 15 is 0 Å². The molecule has 6 nitrogen and oxygen atoms in total. The molecule has 4 aromatic carbocycles. The van der Waals surface area contributed by atoms with Crippen molar-refractivity contribution in [3.8, 4) is 11.5 Å². The maximum atomic E-state index is 5.95. The summed E-state index contributed by atoms with van der Waals surface area (Å²) < 4.78 is 11.9. The van der Waals surface area contributed by atoms with Gasteiger partial charge < -0.3 is 31.6 Å². The highest BCUT2D eigenvalue weighted by Crippen LogP contribution is 2.16. The van der Waals surface area contributed by atoms with Gasteiger partial charge in [-0.1, -0.05) is 105 Å². The second kappa shape index (κ2) is 21.2. The molecule has 0 saturated carbocycles. The number of benzene rings is 4. The van der Waals surface area contributed by atoms with Crippen molar-refractivity contribution in [2.24, 2.45) is 11.5 Å². The molecule has 0 radical (unpaired) electrons. The monoisotopic (exact) mass is 622 g/mol. The molecule has 46 heavy (non-hydrogen) atoms. The Hall–Kier alpha value is -3.68. The Morgan fingerprint density at radius 3 is 1.43 bits per heavy atom. The fourth-order valence-corrected chi connectivity index (χ4v) is 5.46. The second-order valence-electron chi connectivity index (χ2n) is 12.1. The van der Waals surface area contributed by atoms with Gasteiger partial charge in [-0.25, -0.2) is 0 Å². The van der Waals surface area contributed by atoms with E-state index in [1.54, 1.807) is 0 Å². The van der Waals surface area contributed by atoms with Crippen LogP contribution in [-0.4, -0.2) is 19.6 Å². The lowest BCUT2D eigenvalue weighted by Gasteiger charge is -2.10. The summed E-state index contributed by atoms with van der Waals surface area (Å²) in [5.74, 6) is 1.75.